The summed E-state index contributed by atoms with van der Waals surface area (Å²) in [6.45, 7) is 2.92. The van der Waals surface area contributed by atoms with Gasteiger partial charge in [0.1, 0.15) is 0 Å². The van der Waals surface area contributed by atoms with Gasteiger partial charge >= 0.3 is 0 Å². The first-order chi connectivity index (χ1) is 9.04. The molecule has 0 amide bonds. The summed E-state index contributed by atoms with van der Waals surface area (Å²) in [6.07, 6.45) is 2.66. The zero-order chi connectivity index (χ0) is 14.0. The van der Waals surface area contributed by atoms with Gasteiger partial charge in [-0.15, -0.1) is 0 Å². The Morgan fingerprint density at radius 2 is 2.26 bits per heavy atom. The van der Waals surface area contributed by atoms with Gasteiger partial charge in [0.05, 0.1) is 23.0 Å². The normalized spacial score (nSPS) is 12.7. The fourth-order valence-electron chi connectivity index (χ4n) is 1.97. The van der Waals surface area contributed by atoms with E-state index in [0.29, 0.717) is 5.02 Å². The zero-order valence-electron chi connectivity index (χ0n) is 10.4. The van der Waals surface area contributed by atoms with E-state index in [1.165, 1.54) is 0 Å². The second-order valence-electron chi connectivity index (χ2n) is 4.24. The van der Waals surface area contributed by atoms with Crippen LogP contribution in [0.25, 0.3) is 0 Å². The minimum Gasteiger partial charge on any atom is -0.319 e. The van der Waals surface area contributed by atoms with Crippen LogP contribution in [0.5, 0.6) is 0 Å². The van der Waals surface area contributed by atoms with Crippen molar-refractivity contribution in [2.45, 2.75) is 25.9 Å². The van der Waals surface area contributed by atoms with Crippen LogP contribution in [0.1, 0.15) is 30.6 Å². The van der Waals surface area contributed by atoms with Crippen molar-refractivity contribution in [1.82, 2.24) is 9.78 Å². The average Bonchev–Trinajstić information content (AvgIpc) is 2.73. The fourth-order valence-corrected chi connectivity index (χ4v) is 3.28. The predicted octanol–water partition coefficient (Wildman–Crippen LogP) is 4.36. The topological polar surface area (TPSA) is 43.8 Å². The first-order valence-corrected chi connectivity index (χ1v) is 8.21. The lowest BCUT2D eigenvalue weighted by Gasteiger charge is -2.17. The molecule has 0 bridgehead atoms. The number of nitrogens with two attached hydrogens (primary N) is 1. The van der Waals surface area contributed by atoms with Crippen LogP contribution < -0.4 is 5.73 Å². The molecule has 0 spiro atoms. The molecule has 1 aromatic heterocycles. The van der Waals surface area contributed by atoms with Gasteiger partial charge in [-0.1, -0.05) is 34.5 Å². The molecule has 0 fully saturated rings. The Morgan fingerprint density at radius 3 is 2.95 bits per heavy atom. The Morgan fingerprint density at radius 1 is 1.53 bits per heavy atom. The van der Waals surface area contributed by atoms with Gasteiger partial charge in [-0.3, -0.25) is 4.68 Å². The van der Waals surface area contributed by atoms with Crippen molar-refractivity contribution in [2.24, 2.45) is 5.73 Å². The van der Waals surface area contributed by atoms with Crippen molar-refractivity contribution in [3.8, 4) is 0 Å². The Labute approximate surface area is 139 Å². The quantitative estimate of drug-likeness (QED) is 0.698. The van der Waals surface area contributed by atoms with Gasteiger partial charge in [0.2, 0.25) is 0 Å². The second-order valence-corrected chi connectivity index (χ2v) is 6.73. The van der Waals surface area contributed by atoms with E-state index in [1.54, 1.807) is 6.20 Å². The number of aromatic nitrogens is 2. The van der Waals surface area contributed by atoms with E-state index >= 15 is 0 Å². The minimum absolute atomic E-state index is 0.272. The lowest BCUT2D eigenvalue weighted by Crippen LogP contribution is -2.19. The number of hydrogen-bond donors (Lipinski definition) is 1. The highest BCUT2D eigenvalue weighted by Gasteiger charge is 2.20. The number of aryl methyl sites for hydroxylation is 1. The lowest BCUT2D eigenvalue weighted by atomic mass is 10.0. The molecule has 1 unspecified atom stereocenters. The average molecular weight is 455 g/mol. The standard InChI is InChI=1S/C13H14BrClIN3/c1-2-5-19-13(10(15)7-18-19)12(17)9-6-8(14)3-4-11(9)16/h3-4,6-7,12H,2,5,17H2,1H3. The summed E-state index contributed by atoms with van der Waals surface area (Å²) in [5.41, 5.74) is 8.32. The first kappa shape index (κ1) is 15.3. The van der Waals surface area contributed by atoms with Crippen molar-refractivity contribution >= 4 is 50.1 Å². The highest BCUT2D eigenvalue weighted by Crippen LogP contribution is 2.31. The predicted molar refractivity (Wildman–Crippen MR) is 90.4 cm³/mol. The van der Waals surface area contributed by atoms with Crippen LogP contribution >= 0.6 is 50.1 Å². The highest BCUT2D eigenvalue weighted by atomic mass is 127. The van der Waals surface area contributed by atoms with E-state index in [2.05, 4.69) is 50.5 Å². The van der Waals surface area contributed by atoms with Gasteiger partial charge in [0.25, 0.3) is 0 Å². The molecular weight excluding hydrogens is 440 g/mol. The molecule has 19 heavy (non-hydrogen) atoms. The van der Waals surface area contributed by atoms with Crippen LogP contribution in [0, 0.1) is 3.57 Å². The largest absolute Gasteiger partial charge is 0.319 e. The summed E-state index contributed by atoms with van der Waals surface area (Å²) in [5, 5.41) is 4.92. The van der Waals surface area contributed by atoms with Crippen molar-refractivity contribution in [3.63, 3.8) is 0 Å². The van der Waals surface area contributed by atoms with E-state index in [1.807, 2.05) is 22.9 Å². The maximum atomic E-state index is 6.39. The molecule has 2 N–H and O–H groups in total. The van der Waals surface area contributed by atoms with Crippen LogP contribution in [0.15, 0.2) is 28.9 Å². The Balaban J connectivity index is 2.46. The summed E-state index contributed by atoms with van der Waals surface area (Å²) in [4.78, 5) is 0. The van der Waals surface area contributed by atoms with Gasteiger partial charge in [-0.05, 0) is 52.8 Å². The minimum atomic E-state index is -0.272. The Hall–Kier alpha value is -0.110. The van der Waals surface area contributed by atoms with Gasteiger partial charge in [-0.25, -0.2) is 0 Å². The lowest BCUT2D eigenvalue weighted by molar-refractivity contribution is 0.559. The van der Waals surface area contributed by atoms with E-state index in [0.717, 1.165) is 32.3 Å². The van der Waals surface area contributed by atoms with Crippen LogP contribution in [0.2, 0.25) is 5.02 Å². The molecule has 2 rings (SSSR count). The third-order valence-electron chi connectivity index (χ3n) is 2.86. The van der Waals surface area contributed by atoms with E-state index in [9.17, 15) is 0 Å². The number of rotatable bonds is 4. The Bertz CT molecular complexity index is 585. The maximum Gasteiger partial charge on any atom is 0.0837 e. The molecule has 1 aromatic carbocycles. The van der Waals surface area contributed by atoms with Crippen LogP contribution in [-0.2, 0) is 6.54 Å². The van der Waals surface area contributed by atoms with E-state index < -0.39 is 0 Å². The molecule has 6 heteroatoms. The van der Waals surface area contributed by atoms with Crippen LogP contribution in [0.4, 0.5) is 0 Å². The molecule has 0 saturated carbocycles. The van der Waals surface area contributed by atoms with E-state index in [-0.39, 0.29) is 6.04 Å². The van der Waals surface area contributed by atoms with Crippen molar-refractivity contribution in [2.75, 3.05) is 0 Å². The van der Waals surface area contributed by atoms with E-state index in [4.69, 9.17) is 17.3 Å². The number of hydrogen-bond acceptors (Lipinski definition) is 2. The SMILES string of the molecule is CCCn1ncc(Cl)c1C(N)c1cc(Br)ccc1I. The summed E-state index contributed by atoms with van der Waals surface area (Å²) in [5.74, 6) is 0. The molecule has 0 aliphatic rings. The van der Waals surface area contributed by atoms with Gasteiger partial charge in [0.15, 0.2) is 0 Å². The molecule has 3 nitrogen and oxygen atoms in total. The molecule has 1 atom stereocenters. The molecule has 2 aromatic rings. The third kappa shape index (κ3) is 3.32. The van der Waals surface area contributed by atoms with Gasteiger partial charge < -0.3 is 5.73 Å². The summed E-state index contributed by atoms with van der Waals surface area (Å²) < 4.78 is 4.02. The van der Waals surface area contributed by atoms with Crippen LogP contribution in [-0.4, -0.2) is 9.78 Å². The summed E-state index contributed by atoms with van der Waals surface area (Å²) in [6, 6.07) is 5.80. The molecule has 0 radical (unpaired) electrons. The van der Waals surface area contributed by atoms with Crippen LogP contribution in [0.3, 0.4) is 0 Å². The molecule has 1 heterocycles. The number of nitrogens with zero attached hydrogens (tertiary/aromatic N) is 2. The number of benzene rings is 1. The number of halogens is 3. The molecule has 0 aliphatic heterocycles. The van der Waals surface area contributed by atoms with Crippen molar-refractivity contribution in [3.05, 3.63) is 48.7 Å². The molecular formula is C13H14BrClIN3. The highest BCUT2D eigenvalue weighted by molar-refractivity contribution is 14.1. The molecule has 0 aliphatic carbocycles. The fraction of sp³-hybridized carbons (Fsp3) is 0.308. The molecule has 102 valence electrons. The second kappa shape index (κ2) is 6.56. The summed E-state index contributed by atoms with van der Waals surface area (Å²) >= 11 is 12.0. The van der Waals surface area contributed by atoms with Crippen molar-refractivity contribution < 1.29 is 0 Å². The smallest absolute Gasteiger partial charge is 0.0837 e. The first-order valence-electron chi connectivity index (χ1n) is 5.96. The van der Waals surface area contributed by atoms with Gasteiger partial charge in [-0.2, -0.15) is 5.10 Å². The molecule has 0 saturated heterocycles. The third-order valence-corrected chi connectivity index (χ3v) is 4.62. The Kier molecular flexibility index (Phi) is 5.28. The van der Waals surface area contributed by atoms with Gasteiger partial charge in [0, 0.05) is 14.6 Å². The zero-order valence-corrected chi connectivity index (χ0v) is 14.9. The van der Waals surface area contributed by atoms with Crippen molar-refractivity contribution in [1.29, 1.82) is 0 Å². The monoisotopic (exact) mass is 453 g/mol. The summed E-state index contributed by atoms with van der Waals surface area (Å²) in [7, 11) is 0. The maximum absolute atomic E-state index is 6.39.